The molecule has 0 unspecified atom stereocenters. The molecule has 0 bridgehead atoms. The number of carbonyl (C=O) groups excluding carboxylic acids is 2. The van der Waals surface area contributed by atoms with E-state index in [1.165, 1.54) is 12.1 Å². The van der Waals surface area contributed by atoms with Crippen LogP contribution in [0.25, 0.3) is 10.8 Å². The van der Waals surface area contributed by atoms with Gasteiger partial charge in [-0.2, -0.15) is 0 Å². The molecule has 1 aromatic heterocycles. The number of nitrogens with zero attached hydrogens (tertiary/aromatic N) is 1. The summed E-state index contributed by atoms with van der Waals surface area (Å²) in [6.45, 7) is -1.33. The molecule has 0 atom stereocenters. The molecule has 10 heteroatoms. The summed E-state index contributed by atoms with van der Waals surface area (Å²) in [7, 11) is 0. The standard InChI is InChI=1S/C18H13F2N3O5/c19-13-6-5-10(7-14(13)20)21-15(24)9-28-16(25)8-23-18(27)12-4-2-1-3-11(12)17(26)22-23/h1-7H,8-9H2,(H,21,24)(H,22,26). The van der Waals surface area contributed by atoms with Gasteiger partial charge in [0.05, 0.1) is 10.8 Å². The van der Waals surface area contributed by atoms with Crippen LogP contribution >= 0.6 is 0 Å². The number of ether oxygens (including phenoxy) is 1. The van der Waals surface area contributed by atoms with E-state index in [2.05, 4.69) is 10.4 Å². The van der Waals surface area contributed by atoms with Crippen LogP contribution in [0.15, 0.2) is 52.1 Å². The molecule has 0 spiro atoms. The largest absolute Gasteiger partial charge is 0.454 e. The van der Waals surface area contributed by atoms with E-state index in [1.54, 1.807) is 12.1 Å². The number of hydrogen-bond donors (Lipinski definition) is 2. The predicted octanol–water partition coefficient (Wildman–Crippen LogP) is 1.15. The van der Waals surface area contributed by atoms with Gasteiger partial charge in [-0.15, -0.1) is 0 Å². The van der Waals surface area contributed by atoms with Gasteiger partial charge in [0, 0.05) is 11.8 Å². The molecule has 2 aromatic carbocycles. The second-order valence-corrected chi connectivity index (χ2v) is 5.72. The third-order valence-corrected chi connectivity index (χ3v) is 3.74. The molecule has 0 aliphatic rings. The van der Waals surface area contributed by atoms with Crippen molar-refractivity contribution in [3.63, 3.8) is 0 Å². The first-order valence-corrected chi connectivity index (χ1v) is 7.97. The molecule has 0 saturated heterocycles. The zero-order valence-corrected chi connectivity index (χ0v) is 14.2. The quantitative estimate of drug-likeness (QED) is 0.636. The summed E-state index contributed by atoms with van der Waals surface area (Å²) in [5.74, 6) is -3.96. The minimum atomic E-state index is -1.14. The average Bonchev–Trinajstić information content (AvgIpc) is 2.67. The number of hydrogen-bond acceptors (Lipinski definition) is 5. The molecule has 28 heavy (non-hydrogen) atoms. The molecule has 1 amide bonds. The summed E-state index contributed by atoms with van der Waals surface area (Å²) in [4.78, 5) is 47.9. The van der Waals surface area contributed by atoms with Crippen molar-refractivity contribution in [3.05, 3.63) is 74.8 Å². The van der Waals surface area contributed by atoms with E-state index in [-0.39, 0.29) is 16.5 Å². The number of aromatic amines is 1. The summed E-state index contributed by atoms with van der Waals surface area (Å²) >= 11 is 0. The van der Waals surface area contributed by atoms with Crippen molar-refractivity contribution in [1.82, 2.24) is 9.78 Å². The van der Waals surface area contributed by atoms with Crippen LogP contribution in [0.4, 0.5) is 14.5 Å². The third kappa shape index (κ3) is 4.11. The molecule has 0 fully saturated rings. The Kier molecular flexibility index (Phi) is 5.30. The van der Waals surface area contributed by atoms with Gasteiger partial charge in [0.15, 0.2) is 18.2 Å². The Bertz CT molecular complexity index is 1190. The molecule has 3 aromatic rings. The highest BCUT2D eigenvalue weighted by atomic mass is 19.2. The Labute approximate surface area is 155 Å². The number of halogens is 2. The van der Waals surface area contributed by atoms with E-state index in [0.29, 0.717) is 0 Å². The maximum atomic E-state index is 13.1. The fourth-order valence-electron chi connectivity index (χ4n) is 2.45. The minimum absolute atomic E-state index is 0.0185. The van der Waals surface area contributed by atoms with E-state index in [4.69, 9.17) is 4.74 Å². The number of nitrogens with one attached hydrogen (secondary N) is 2. The summed E-state index contributed by atoms with van der Waals surface area (Å²) < 4.78 is 31.5. The number of aromatic nitrogens is 2. The molecule has 0 aliphatic carbocycles. The number of rotatable bonds is 5. The Hall–Kier alpha value is -3.82. The lowest BCUT2D eigenvalue weighted by Crippen LogP contribution is -2.33. The SMILES string of the molecule is O=C(COC(=O)Cn1[nH]c(=O)c2ccccc2c1=O)Nc1ccc(F)c(F)c1. The molecule has 8 nitrogen and oxygen atoms in total. The van der Waals surface area contributed by atoms with Gasteiger partial charge in [-0.1, -0.05) is 12.1 Å². The second-order valence-electron chi connectivity index (χ2n) is 5.72. The van der Waals surface area contributed by atoms with Crippen molar-refractivity contribution in [1.29, 1.82) is 0 Å². The Balaban J connectivity index is 1.63. The van der Waals surface area contributed by atoms with E-state index in [9.17, 15) is 28.0 Å². The van der Waals surface area contributed by atoms with Crippen LogP contribution in [0.1, 0.15) is 0 Å². The number of fused-ring (bicyclic) bond motifs is 1. The molecular weight excluding hydrogens is 376 g/mol. The minimum Gasteiger partial charge on any atom is -0.454 e. The lowest BCUT2D eigenvalue weighted by atomic mass is 10.2. The molecule has 1 heterocycles. The molecule has 0 aliphatic heterocycles. The van der Waals surface area contributed by atoms with Gasteiger partial charge in [-0.3, -0.25) is 24.3 Å². The third-order valence-electron chi connectivity index (χ3n) is 3.74. The summed E-state index contributed by atoms with van der Waals surface area (Å²) in [6, 6.07) is 8.84. The van der Waals surface area contributed by atoms with Crippen LogP contribution in [0.2, 0.25) is 0 Å². The van der Waals surface area contributed by atoms with Crippen molar-refractivity contribution < 1.29 is 23.1 Å². The van der Waals surface area contributed by atoms with Crippen LogP contribution in [0.5, 0.6) is 0 Å². The van der Waals surface area contributed by atoms with E-state index in [1.807, 2.05) is 0 Å². The average molecular weight is 389 g/mol. The van der Waals surface area contributed by atoms with Crippen molar-refractivity contribution in [2.75, 3.05) is 11.9 Å². The molecule has 144 valence electrons. The van der Waals surface area contributed by atoms with Gasteiger partial charge < -0.3 is 10.1 Å². The monoisotopic (exact) mass is 389 g/mol. The summed E-state index contributed by atoms with van der Waals surface area (Å²) in [5, 5.41) is 4.80. The van der Waals surface area contributed by atoms with Gasteiger partial charge in [-0.25, -0.2) is 13.5 Å². The van der Waals surface area contributed by atoms with Crippen molar-refractivity contribution in [2.45, 2.75) is 6.54 Å². The zero-order chi connectivity index (χ0) is 20.3. The summed E-state index contributed by atoms with van der Waals surface area (Å²) in [6.07, 6.45) is 0. The number of H-pyrrole nitrogens is 1. The first kappa shape index (κ1) is 19.0. The first-order chi connectivity index (χ1) is 13.3. The first-order valence-electron chi connectivity index (χ1n) is 7.97. The van der Waals surface area contributed by atoms with Gasteiger partial charge in [-0.05, 0) is 24.3 Å². The van der Waals surface area contributed by atoms with Crippen LogP contribution in [-0.2, 0) is 20.9 Å². The number of amides is 1. The molecule has 0 radical (unpaired) electrons. The van der Waals surface area contributed by atoms with Crippen molar-refractivity contribution >= 4 is 28.3 Å². The van der Waals surface area contributed by atoms with Gasteiger partial charge in [0.1, 0.15) is 6.54 Å². The maximum Gasteiger partial charge on any atom is 0.328 e. The highest BCUT2D eigenvalue weighted by molar-refractivity contribution is 5.92. The van der Waals surface area contributed by atoms with Crippen molar-refractivity contribution in [3.8, 4) is 0 Å². The van der Waals surface area contributed by atoms with Crippen molar-refractivity contribution in [2.24, 2.45) is 0 Å². The Morgan fingerprint density at radius 1 is 1.04 bits per heavy atom. The van der Waals surface area contributed by atoms with E-state index < -0.39 is 47.8 Å². The topological polar surface area (TPSA) is 110 Å². The van der Waals surface area contributed by atoms with Gasteiger partial charge in [0.25, 0.3) is 17.0 Å². The van der Waals surface area contributed by atoms with Crippen LogP contribution in [0.3, 0.4) is 0 Å². The Morgan fingerprint density at radius 3 is 2.46 bits per heavy atom. The zero-order valence-electron chi connectivity index (χ0n) is 14.2. The molecule has 2 N–H and O–H groups in total. The molecule has 0 saturated carbocycles. The van der Waals surface area contributed by atoms with Gasteiger partial charge >= 0.3 is 5.97 Å². The van der Waals surface area contributed by atoms with E-state index >= 15 is 0 Å². The highest BCUT2D eigenvalue weighted by Gasteiger charge is 2.13. The fraction of sp³-hybridized carbons (Fsp3) is 0.111. The van der Waals surface area contributed by atoms with Crippen LogP contribution < -0.4 is 16.4 Å². The van der Waals surface area contributed by atoms with Crippen LogP contribution in [-0.4, -0.2) is 28.3 Å². The van der Waals surface area contributed by atoms with Gasteiger partial charge in [0.2, 0.25) is 0 Å². The fourth-order valence-corrected chi connectivity index (χ4v) is 2.45. The summed E-state index contributed by atoms with van der Waals surface area (Å²) in [5.41, 5.74) is -1.17. The van der Waals surface area contributed by atoms with E-state index in [0.717, 1.165) is 22.9 Å². The van der Waals surface area contributed by atoms with Crippen LogP contribution in [0, 0.1) is 11.6 Å². The Morgan fingerprint density at radius 2 is 1.75 bits per heavy atom. The number of carbonyl (C=O) groups is 2. The lowest BCUT2D eigenvalue weighted by molar-refractivity contribution is -0.148. The highest BCUT2D eigenvalue weighted by Crippen LogP contribution is 2.12. The normalized spacial score (nSPS) is 10.6. The maximum absolute atomic E-state index is 13.1. The second kappa shape index (κ2) is 7.82. The molecule has 3 rings (SSSR count). The predicted molar refractivity (Wildman–Crippen MR) is 94.8 cm³/mol. The molecular formula is C18H13F2N3O5. The smallest absolute Gasteiger partial charge is 0.328 e. The number of esters is 1. The number of benzene rings is 2. The lowest BCUT2D eigenvalue weighted by Gasteiger charge is -2.08. The number of anilines is 1.